The summed E-state index contributed by atoms with van der Waals surface area (Å²) in [6, 6.07) is 11.0. The molecule has 158 valence electrons. The van der Waals surface area contributed by atoms with Crippen molar-refractivity contribution in [2.45, 2.75) is 38.5 Å². The van der Waals surface area contributed by atoms with Crippen LogP contribution in [0.25, 0.3) is 10.9 Å². The number of amidine groups is 1. The Hall–Kier alpha value is -2.80. The van der Waals surface area contributed by atoms with Crippen LogP contribution in [-0.2, 0) is 0 Å². The van der Waals surface area contributed by atoms with Crippen LogP contribution in [0.2, 0.25) is 0 Å². The van der Waals surface area contributed by atoms with Gasteiger partial charge in [0.15, 0.2) is 0 Å². The van der Waals surface area contributed by atoms with Crippen molar-refractivity contribution in [2.75, 3.05) is 0 Å². The van der Waals surface area contributed by atoms with Gasteiger partial charge >= 0.3 is 0 Å². The molecule has 2 aromatic carbocycles. The number of benzene rings is 2. The molecule has 7 heteroatoms. The second-order valence-electron chi connectivity index (χ2n) is 8.28. The maximum atomic E-state index is 13.8. The highest BCUT2D eigenvalue weighted by molar-refractivity contribution is 6.32. The van der Waals surface area contributed by atoms with Gasteiger partial charge in [-0.25, -0.2) is 13.8 Å². The van der Waals surface area contributed by atoms with E-state index in [-0.39, 0.29) is 17.2 Å². The second-order valence-corrected chi connectivity index (χ2v) is 8.28. The van der Waals surface area contributed by atoms with Gasteiger partial charge in [0, 0.05) is 17.5 Å². The molecule has 1 aromatic heterocycles. The Morgan fingerprint density at radius 2 is 1.90 bits per heavy atom. The Labute approximate surface area is 181 Å². The second kappa shape index (κ2) is 9.14. The Kier molecular flexibility index (Phi) is 6.32. The van der Waals surface area contributed by atoms with Gasteiger partial charge < -0.3 is 0 Å². The topological polar surface area (TPSA) is 57.5 Å². The predicted molar refractivity (Wildman–Crippen MR) is 119 cm³/mol. The number of halogens is 2. The van der Waals surface area contributed by atoms with Crippen LogP contribution in [0.4, 0.5) is 14.5 Å². The normalized spacial score (nSPS) is 20.6. The zero-order chi connectivity index (χ0) is 22.0. The van der Waals surface area contributed by atoms with Gasteiger partial charge in [-0.1, -0.05) is 12.4 Å². The lowest BCUT2D eigenvalue weighted by Crippen LogP contribution is -2.33. The van der Waals surface area contributed by atoms with Crippen molar-refractivity contribution in [3.8, 4) is 0 Å². The van der Waals surface area contributed by atoms with Crippen LogP contribution in [0, 0.1) is 23.5 Å². The van der Waals surface area contributed by atoms with Crippen molar-refractivity contribution in [1.29, 1.82) is 0 Å². The van der Waals surface area contributed by atoms with Crippen LogP contribution in [0.3, 0.4) is 0 Å². The first-order valence-corrected chi connectivity index (χ1v) is 10.5. The Bertz CT molecular complexity index is 1110. The molecule has 4 nitrogen and oxygen atoms in total. The average Bonchev–Trinajstić information content (AvgIpc) is 2.79. The third-order valence-corrected chi connectivity index (χ3v) is 6.43. The zero-order valence-corrected chi connectivity index (χ0v) is 17.4. The maximum absolute atomic E-state index is 13.8. The summed E-state index contributed by atoms with van der Waals surface area (Å²) in [5, 5.41) is 10.5. The van der Waals surface area contributed by atoms with Crippen molar-refractivity contribution in [1.82, 2.24) is 10.5 Å². The molecule has 0 bridgehead atoms. The predicted octanol–water partition coefficient (Wildman–Crippen LogP) is 4.93. The van der Waals surface area contributed by atoms with E-state index in [9.17, 15) is 14.0 Å². The van der Waals surface area contributed by atoms with Gasteiger partial charge in [0.2, 0.25) is 0 Å². The Morgan fingerprint density at radius 3 is 2.61 bits per heavy atom. The van der Waals surface area contributed by atoms with Gasteiger partial charge in [-0.15, -0.1) is 0 Å². The Balaban J connectivity index is 1.48. The molecule has 2 radical (unpaired) electrons. The lowest BCUT2D eigenvalue weighted by atomic mass is 9.73. The molecule has 3 aromatic rings. The first-order chi connectivity index (χ1) is 15.0. The molecule has 0 aliphatic heterocycles. The van der Waals surface area contributed by atoms with E-state index in [0.29, 0.717) is 23.4 Å². The van der Waals surface area contributed by atoms with Gasteiger partial charge in [0.25, 0.3) is 0 Å². The number of nitrogens with one attached hydrogen (secondary N) is 1. The molecule has 0 saturated heterocycles. The van der Waals surface area contributed by atoms with E-state index in [4.69, 9.17) is 7.85 Å². The van der Waals surface area contributed by atoms with Gasteiger partial charge in [0.1, 0.15) is 25.3 Å². The summed E-state index contributed by atoms with van der Waals surface area (Å²) in [6.45, 7) is 2.02. The van der Waals surface area contributed by atoms with Gasteiger partial charge in [0.05, 0.1) is 11.2 Å². The van der Waals surface area contributed by atoms with E-state index >= 15 is 0 Å². The third-order valence-electron chi connectivity index (χ3n) is 6.43. The summed E-state index contributed by atoms with van der Waals surface area (Å²) >= 11 is 0. The van der Waals surface area contributed by atoms with Crippen LogP contribution in [-0.4, -0.2) is 23.9 Å². The molecule has 4 rings (SSSR count). The number of nitrogens with zero attached hydrogens (tertiary/aromatic N) is 2. The monoisotopic (exact) mass is 419 g/mol. The van der Waals surface area contributed by atoms with E-state index in [2.05, 4.69) is 15.5 Å². The number of aliphatic imine (C=N–C) groups is 1. The molecule has 1 saturated carbocycles. The van der Waals surface area contributed by atoms with Crippen molar-refractivity contribution in [2.24, 2.45) is 16.8 Å². The molecule has 2 N–H and O–H groups in total. The quantitative estimate of drug-likeness (QED) is 0.273. The van der Waals surface area contributed by atoms with Crippen molar-refractivity contribution in [3.05, 3.63) is 65.9 Å². The van der Waals surface area contributed by atoms with Crippen molar-refractivity contribution in [3.63, 3.8) is 0 Å². The summed E-state index contributed by atoms with van der Waals surface area (Å²) in [6.07, 6.45) is 5.63. The molecule has 0 unspecified atom stereocenters. The molecule has 31 heavy (non-hydrogen) atoms. The maximum Gasteiger partial charge on any atom is 0.129 e. The van der Waals surface area contributed by atoms with E-state index in [1.165, 1.54) is 24.3 Å². The highest BCUT2D eigenvalue weighted by Crippen LogP contribution is 2.41. The summed E-state index contributed by atoms with van der Waals surface area (Å²) in [5.41, 5.74) is 4.69. The number of hydrogen-bond donors (Lipinski definition) is 2. The standard InChI is InChI=1S/C24H24BF2N3O/c1-14(24(30-31)29-18-7-8-22(27)21(25)13-18)15-2-4-16(5-3-15)19-10-11-28-23-9-6-17(26)12-20(19)23/h6-16,31H,2-5H2,1H3,(H,29,30)/t14-,15?,16?/m0/s1. The SMILES string of the molecule is [B]c1cc(N=C(NO)[C@@H](C)C2CCC(c3ccnc4ccc(F)cc34)CC2)ccc1F. The number of rotatable bonds is 4. The first-order valence-electron chi connectivity index (χ1n) is 10.5. The molecule has 0 spiro atoms. The fourth-order valence-corrected chi connectivity index (χ4v) is 4.62. The number of fused-ring (bicyclic) bond motifs is 1. The number of pyridine rings is 1. The molecule has 0 amide bonds. The smallest absolute Gasteiger partial charge is 0.129 e. The van der Waals surface area contributed by atoms with E-state index in [0.717, 1.165) is 42.1 Å². The summed E-state index contributed by atoms with van der Waals surface area (Å²) in [7, 11) is 5.62. The molecular weight excluding hydrogens is 395 g/mol. The molecule has 1 aliphatic rings. The summed E-state index contributed by atoms with van der Waals surface area (Å²) in [5.74, 6) is 0.356. The van der Waals surface area contributed by atoms with Gasteiger partial charge in [-0.2, -0.15) is 0 Å². The van der Waals surface area contributed by atoms with Crippen LogP contribution < -0.4 is 10.9 Å². The lowest BCUT2D eigenvalue weighted by Gasteiger charge is -2.33. The van der Waals surface area contributed by atoms with Gasteiger partial charge in [-0.3, -0.25) is 15.7 Å². The van der Waals surface area contributed by atoms with Crippen LogP contribution in [0.1, 0.15) is 44.1 Å². The number of aromatic nitrogens is 1. The van der Waals surface area contributed by atoms with Crippen LogP contribution >= 0.6 is 0 Å². The van der Waals surface area contributed by atoms with E-state index in [1.807, 2.05) is 13.0 Å². The van der Waals surface area contributed by atoms with Gasteiger partial charge in [-0.05, 0) is 85.5 Å². The minimum absolute atomic E-state index is 0.0103. The fourth-order valence-electron chi connectivity index (χ4n) is 4.62. The first kappa shape index (κ1) is 21.4. The van der Waals surface area contributed by atoms with Crippen molar-refractivity contribution >= 4 is 35.7 Å². The van der Waals surface area contributed by atoms with Crippen LogP contribution in [0.15, 0.2) is 53.7 Å². The van der Waals surface area contributed by atoms with E-state index in [1.54, 1.807) is 18.3 Å². The number of hydroxylamine groups is 1. The Morgan fingerprint density at radius 1 is 1.13 bits per heavy atom. The summed E-state index contributed by atoms with van der Waals surface area (Å²) in [4.78, 5) is 8.80. The molecule has 1 aliphatic carbocycles. The van der Waals surface area contributed by atoms with Crippen LogP contribution in [0.5, 0.6) is 0 Å². The number of hydrogen-bond acceptors (Lipinski definition) is 3. The third kappa shape index (κ3) is 4.61. The average molecular weight is 419 g/mol. The molecule has 1 atom stereocenters. The highest BCUT2D eigenvalue weighted by atomic mass is 19.1. The highest BCUT2D eigenvalue weighted by Gasteiger charge is 2.29. The van der Waals surface area contributed by atoms with E-state index < -0.39 is 5.82 Å². The fraction of sp³-hybridized carbons (Fsp3) is 0.333. The lowest BCUT2D eigenvalue weighted by molar-refractivity contribution is 0.213. The minimum atomic E-state index is -0.493. The minimum Gasteiger partial charge on any atom is -0.290 e. The molecule has 1 fully saturated rings. The molecule has 1 heterocycles. The zero-order valence-electron chi connectivity index (χ0n) is 17.4. The largest absolute Gasteiger partial charge is 0.290 e. The summed E-state index contributed by atoms with van der Waals surface area (Å²) < 4.78 is 27.2. The molecular formula is C24H24BF2N3O. The van der Waals surface area contributed by atoms with Crippen molar-refractivity contribution < 1.29 is 14.0 Å².